The van der Waals surface area contributed by atoms with Crippen molar-refractivity contribution < 1.29 is 0 Å². The van der Waals surface area contributed by atoms with E-state index in [1.807, 2.05) is 19.3 Å². The van der Waals surface area contributed by atoms with Gasteiger partial charge in [0, 0.05) is 17.9 Å². The van der Waals surface area contributed by atoms with Crippen LogP contribution in [0.1, 0.15) is 5.01 Å². The van der Waals surface area contributed by atoms with E-state index in [9.17, 15) is 0 Å². The van der Waals surface area contributed by atoms with Gasteiger partial charge in [0.05, 0.1) is 9.88 Å². The van der Waals surface area contributed by atoms with Crippen LogP contribution in [0.4, 0.5) is 0 Å². The second kappa shape index (κ2) is 3.21. The van der Waals surface area contributed by atoms with E-state index in [2.05, 4.69) is 34.2 Å². The molecule has 0 radical (unpaired) electrons. The zero-order valence-corrected chi connectivity index (χ0v) is 9.14. The van der Waals surface area contributed by atoms with Crippen molar-refractivity contribution in [1.82, 2.24) is 9.97 Å². The first-order chi connectivity index (χ1) is 7.33. The molecule has 0 aliphatic carbocycles. The van der Waals surface area contributed by atoms with E-state index < -0.39 is 0 Å². The van der Waals surface area contributed by atoms with Crippen molar-refractivity contribution in [3.05, 3.63) is 41.7 Å². The van der Waals surface area contributed by atoms with Crippen molar-refractivity contribution in [3.8, 4) is 10.4 Å². The fourth-order valence-electron chi connectivity index (χ4n) is 1.70. The molecule has 0 fully saturated rings. The minimum atomic E-state index is 1.11. The summed E-state index contributed by atoms with van der Waals surface area (Å²) in [6, 6.07) is 8.52. The summed E-state index contributed by atoms with van der Waals surface area (Å²) in [5.41, 5.74) is 2.42. The van der Waals surface area contributed by atoms with Gasteiger partial charge in [-0.2, -0.15) is 0 Å². The van der Waals surface area contributed by atoms with Crippen LogP contribution >= 0.6 is 11.3 Å². The molecule has 1 aromatic carbocycles. The molecule has 2 heterocycles. The first-order valence-electron chi connectivity index (χ1n) is 4.83. The van der Waals surface area contributed by atoms with Crippen molar-refractivity contribution in [3.63, 3.8) is 0 Å². The van der Waals surface area contributed by atoms with Gasteiger partial charge in [0.1, 0.15) is 0 Å². The molecule has 74 valence electrons. The number of nitrogens with zero attached hydrogens (tertiary/aromatic N) is 1. The van der Waals surface area contributed by atoms with Gasteiger partial charge in [-0.05, 0) is 36.1 Å². The number of aromatic amines is 1. The van der Waals surface area contributed by atoms with Crippen molar-refractivity contribution in [2.45, 2.75) is 6.92 Å². The molecule has 0 saturated carbocycles. The van der Waals surface area contributed by atoms with Crippen LogP contribution in [0.15, 0.2) is 36.7 Å². The maximum Gasteiger partial charge on any atom is 0.0900 e. The predicted molar refractivity (Wildman–Crippen MR) is 64.1 cm³/mol. The molecule has 0 amide bonds. The molecule has 0 bridgehead atoms. The van der Waals surface area contributed by atoms with E-state index in [0.717, 1.165) is 5.01 Å². The van der Waals surface area contributed by atoms with Gasteiger partial charge in [-0.15, -0.1) is 11.3 Å². The lowest BCUT2D eigenvalue weighted by atomic mass is 10.1. The van der Waals surface area contributed by atoms with Crippen molar-refractivity contribution in [1.29, 1.82) is 0 Å². The van der Waals surface area contributed by atoms with E-state index in [0.29, 0.717) is 0 Å². The highest BCUT2D eigenvalue weighted by molar-refractivity contribution is 7.15. The summed E-state index contributed by atoms with van der Waals surface area (Å²) < 4.78 is 0. The Balaban J connectivity index is 2.18. The summed E-state index contributed by atoms with van der Waals surface area (Å²) in [7, 11) is 0. The third-order valence-corrected chi connectivity index (χ3v) is 3.42. The Morgan fingerprint density at radius 1 is 1.27 bits per heavy atom. The summed E-state index contributed by atoms with van der Waals surface area (Å²) in [5.74, 6) is 0. The molecule has 3 aromatic rings. The van der Waals surface area contributed by atoms with Crippen LogP contribution < -0.4 is 0 Å². The Morgan fingerprint density at radius 3 is 3.00 bits per heavy atom. The number of hydrogen-bond acceptors (Lipinski definition) is 2. The van der Waals surface area contributed by atoms with Crippen LogP contribution in [-0.2, 0) is 0 Å². The minimum Gasteiger partial charge on any atom is -0.361 e. The number of aromatic nitrogens is 2. The Bertz CT molecular complexity index is 607. The number of H-pyrrole nitrogens is 1. The fourth-order valence-corrected chi connectivity index (χ4v) is 2.48. The van der Waals surface area contributed by atoms with Crippen LogP contribution in [0.2, 0.25) is 0 Å². The Labute approximate surface area is 91.6 Å². The largest absolute Gasteiger partial charge is 0.361 e. The molecule has 0 unspecified atom stereocenters. The van der Waals surface area contributed by atoms with Crippen molar-refractivity contribution in [2.75, 3.05) is 0 Å². The molecule has 3 rings (SSSR count). The van der Waals surface area contributed by atoms with E-state index in [4.69, 9.17) is 0 Å². The van der Waals surface area contributed by atoms with Gasteiger partial charge < -0.3 is 4.98 Å². The molecule has 0 atom stereocenters. The third kappa shape index (κ3) is 1.45. The molecule has 15 heavy (non-hydrogen) atoms. The van der Waals surface area contributed by atoms with Crippen molar-refractivity contribution >= 4 is 22.2 Å². The topological polar surface area (TPSA) is 28.7 Å². The number of nitrogens with one attached hydrogen (secondary N) is 1. The zero-order chi connectivity index (χ0) is 10.3. The Kier molecular flexibility index (Phi) is 1.86. The standard InChI is InChI=1S/C12H10N2S/c1-8-14-7-12(15-8)10-2-3-11-9(6-10)4-5-13-11/h2-7,13H,1H3. The minimum absolute atomic E-state index is 1.11. The SMILES string of the molecule is Cc1ncc(-c2ccc3[nH]ccc3c2)s1. The third-order valence-electron chi connectivity index (χ3n) is 2.46. The molecule has 0 saturated heterocycles. The van der Waals surface area contributed by atoms with Gasteiger partial charge in [0.2, 0.25) is 0 Å². The zero-order valence-electron chi connectivity index (χ0n) is 8.32. The van der Waals surface area contributed by atoms with Crippen LogP contribution in [0.3, 0.4) is 0 Å². The normalized spacial score (nSPS) is 11.0. The first kappa shape index (κ1) is 8.68. The molecular formula is C12H10N2S. The van der Waals surface area contributed by atoms with E-state index in [-0.39, 0.29) is 0 Å². The van der Waals surface area contributed by atoms with Crippen molar-refractivity contribution in [2.24, 2.45) is 0 Å². The summed E-state index contributed by atoms with van der Waals surface area (Å²) in [6.07, 6.45) is 3.90. The predicted octanol–water partition coefficient (Wildman–Crippen LogP) is 3.60. The van der Waals surface area contributed by atoms with E-state index in [1.165, 1.54) is 21.3 Å². The highest BCUT2D eigenvalue weighted by Crippen LogP contribution is 2.28. The van der Waals surface area contributed by atoms with Gasteiger partial charge >= 0.3 is 0 Å². The second-order valence-electron chi connectivity index (χ2n) is 3.52. The molecule has 3 heteroatoms. The van der Waals surface area contributed by atoms with Crippen LogP contribution in [0.5, 0.6) is 0 Å². The number of fused-ring (bicyclic) bond motifs is 1. The molecule has 0 aliphatic rings. The van der Waals surface area contributed by atoms with Gasteiger partial charge in [-0.3, -0.25) is 0 Å². The monoisotopic (exact) mass is 214 g/mol. The molecular weight excluding hydrogens is 204 g/mol. The Morgan fingerprint density at radius 2 is 2.20 bits per heavy atom. The van der Waals surface area contributed by atoms with Gasteiger partial charge in [-0.25, -0.2) is 4.98 Å². The summed E-state index contributed by atoms with van der Waals surface area (Å²) in [5, 5.41) is 2.36. The van der Waals surface area contributed by atoms with E-state index >= 15 is 0 Å². The molecule has 0 aliphatic heterocycles. The van der Waals surface area contributed by atoms with Gasteiger partial charge in [-0.1, -0.05) is 6.07 Å². The maximum absolute atomic E-state index is 4.27. The highest BCUT2D eigenvalue weighted by Gasteiger charge is 2.02. The van der Waals surface area contributed by atoms with Gasteiger partial charge in [0.15, 0.2) is 0 Å². The average Bonchev–Trinajstić information content (AvgIpc) is 2.84. The maximum atomic E-state index is 4.27. The highest BCUT2D eigenvalue weighted by atomic mass is 32.1. The van der Waals surface area contributed by atoms with E-state index in [1.54, 1.807) is 11.3 Å². The number of rotatable bonds is 1. The smallest absolute Gasteiger partial charge is 0.0900 e. The molecule has 0 spiro atoms. The lowest BCUT2D eigenvalue weighted by molar-refractivity contribution is 1.30. The summed E-state index contributed by atoms with van der Waals surface area (Å²) in [6.45, 7) is 2.03. The summed E-state index contributed by atoms with van der Waals surface area (Å²) >= 11 is 1.73. The first-order valence-corrected chi connectivity index (χ1v) is 5.64. The van der Waals surface area contributed by atoms with Crippen LogP contribution in [0, 0.1) is 6.92 Å². The summed E-state index contributed by atoms with van der Waals surface area (Å²) in [4.78, 5) is 8.69. The van der Waals surface area contributed by atoms with Crippen LogP contribution in [-0.4, -0.2) is 9.97 Å². The number of benzene rings is 1. The quantitative estimate of drug-likeness (QED) is 0.658. The molecule has 2 aromatic heterocycles. The number of aryl methyl sites for hydroxylation is 1. The number of hydrogen-bond donors (Lipinski definition) is 1. The second-order valence-corrected chi connectivity index (χ2v) is 4.76. The lowest BCUT2D eigenvalue weighted by Gasteiger charge is -1.96. The van der Waals surface area contributed by atoms with Gasteiger partial charge in [0.25, 0.3) is 0 Å². The Hall–Kier alpha value is -1.61. The fraction of sp³-hybridized carbons (Fsp3) is 0.0833. The molecule has 2 nitrogen and oxygen atoms in total. The van der Waals surface area contributed by atoms with Crippen LogP contribution in [0.25, 0.3) is 21.3 Å². The molecule has 1 N–H and O–H groups in total. The lowest BCUT2D eigenvalue weighted by Crippen LogP contribution is -1.72. The average molecular weight is 214 g/mol. The number of thiazole rings is 1.